The molecular weight excluding hydrogens is 270 g/mol. The minimum Gasteiger partial charge on any atom is -0.496 e. The molecule has 0 saturated heterocycles. The first-order valence-electron chi connectivity index (χ1n) is 7.24. The van der Waals surface area contributed by atoms with E-state index < -0.39 is 5.97 Å². The van der Waals surface area contributed by atoms with Crippen LogP contribution in [0.25, 0.3) is 0 Å². The summed E-state index contributed by atoms with van der Waals surface area (Å²) in [5, 5.41) is 11.9. The van der Waals surface area contributed by atoms with Gasteiger partial charge in [-0.25, -0.2) is 4.79 Å². The second-order valence-electron chi connectivity index (χ2n) is 5.99. The van der Waals surface area contributed by atoms with Crippen molar-refractivity contribution in [3.05, 3.63) is 29.3 Å². The second-order valence-corrected chi connectivity index (χ2v) is 5.99. The lowest BCUT2D eigenvalue weighted by Crippen LogP contribution is -2.28. The highest BCUT2D eigenvalue weighted by Gasteiger charge is 2.65. The zero-order valence-corrected chi connectivity index (χ0v) is 12.0. The van der Waals surface area contributed by atoms with Crippen LogP contribution in [0, 0.1) is 11.3 Å². The number of ether oxygens (including phenoxy) is 1. The van der Waals surface area contributed by atoms with Gasteiger partial charge in [-0.1, -0.05) is 6.07 Å². The molecule has 2 fully saturated rings. The Bertz CT molecular complexity index is 592. The van der Waals surface area contributed by atoms with Gasteiger partial charge in [-0.15, -0.1) is 0 Å². The number of carbonyl (C=O) groups excluding carboxylic acids is 1. The average molecular weight is 289 g/mol. The molecule has 1 aromatic rings. The van der Waals surface area contributed by atoms with Gasteiger partial charge in [-0.3, -0.25) is 4.79 Å². The van der Waals surface area contributed by atoms with Crippen LogP contribution in [0.3, 0.4) is 0 Å². The average Bonchev–Trinajstić information content (AvgIpc) is 3.39. The van der Waals surface area contributed by atoms with E-state index in [1.54, 1.807) is 12.1 Å². The van der Waals surface area contributed by atoms with Gasteiger partial charge >= 0.3 is 5.97 Å². The topological polar surface area (TPSA) is 75.6 Å². The summed E-state index contributed by atoms with van der Waals surface area (Å²) >= 11 is 0. The molecule has 0 radical (unpaired) electrons. The van der Waals surface area contributed by atoms with E-state index in [0.29, 0.717) is 24.1 Å². The van der Waals surface area contributed by atoms with E-state index in [9.17, 15) is 9.59 Å². The molecule has 0 aliphatic heterocycles. The molecule has 0 aromatic heterocycles. The van der Waals surface area contributed by atoms with Crippen molar-refractivity contribution in [2.75, 3.05) is 13.7 Å². The molecule has 2 saturated carbocycles. The molecule has 1 amide bonds. The lowest BCUT2D eigenvalue weighted by molar-refractivity contribution is -0.122. The van der Waals surface area contributed by atoms with Gasteiger partial charge in [0.25, 0.3) is 0 Å². The third-order valence-corrected chi connectivity index (χ3v) is 4.63. The molecule has 0 heterocycles. The zero-order valence-electron chi connectivity index (χ0n) is 12.0. The standard InChI is InChI=1S/C16H19NO4/c1-21-13-8-11(15(19)20)3-2-10(13)4-7-17-14(18)12-9-16(12)5-6-16/h2-3,8,12H,4-7,9H2,1H3,(H,17,18)(H,19,20). The summed E-state index contributed by atoms with van der Waals surface area (Å²) in [6.07, 6.45) is 4.09. The van der Waals surface area contributed by atoms with Crippen LogP contribution in [0.15, 0.2) is 18.2 Å². The molecule has 2 aliphatic rings. The van der Waals surface area contributed by atoms with Gasteiger partial charge in [0, 0.05) is 12.5 Å². The fraction of sp³-hybridized carbons (Fsp3) is 0.500. The van der Waals surface area contributed by atoms with Crippen molar-refractivity contribution in [1.82, 2.24) is 5.32 Å². The highest BCUT2D eigenvalue weighted by molar-refractivity contribution is 5.88. The predicted molar refractivity (Wildman–Crippen MR) is 76.4 cm³/mol. The summed E-state index contributed by atoms with van der Waals surface area (Å²) in [5.41, 5.74) is 1.48. The number of hydrogen-bond acceptors (Lipinski definition) is 3. The monoisotopic (exact) mass is 289 g/mol. The smallest absolute Gasteiger partial charge is 0.335 e. The minimum atomic E-state index is -0.975. The molecule has 5 nitrogen and oxygen atoms in total. The molecule has 1 spiro atoms. The lowest BCUT2D eigenvalue weighted by atomic mass is 10.1. The van der Waals surface area contributed by atoms with Crippen molar-refractivity contribution in [1.29, 1.82) is 0 Å². The van der Waals surface area contributed by atoms with Crippen molar-refractivity contribution >= 4 is 11.9 Å². The fourth-order valence-electron chi connectivity index (χ4n) is 2.96. The maximum atomic E-state index is 11.9. The van der Waals surface area contributed by atoms with Gasteiger partial charge in [-0.2, -0.15) is 0 Å². The van der Waals surface area contributed by atoms with E-state index in [4.69, 9.17) is 9.84 Å². The number of carboxylic acids is 1. The van der Waals surface area contributed by atoms with Gasteiger partial charge in [0.15, 0.2) is 0 Å². The van der Waals surface area contributed by atoms with Crippen LogP contribution in [-0.2, 0) is 11.2 Å². The molecule has 1 atom stereocenters. The van der Waals surface area contributed by atoms with Crippen LogP contribution in [0.4, 0.5) is 0 Å². The Labute approximate surface area is 123 Å². The minimum absolute atomic E-state index is 0.161. The van der Waals surface area contributed by atoms with Crippen LogP contribution in [0.5, 0.6) is 5.75 Å². The Morgan fingerprint density at radius 2 is 2.19 bits per heavy atom. The molecule has 3 rings (SSSR count). The first-order chi connectivity index (χ1) is 10.1. The van der Waals surface area contributed by atoms with Gasteiger partial charge in [0.2, 0.25) is 5.91 Å². The first-order valence-corrected chi connectivity index (χ1v) is 7.24. The fourth-order valence-corrected chi connectivity index (χ4v) is 2.96. The largest absolute Gasteiger partial charge is 0.496 e. The number of aromatic carboxylic acids is 1. The molecule has 2 aliphatic carbocycles. The summed E-state index contributed by atoms with van der Waals surface area (Å²) < 4.78 is 5.22. The van der Waals surface area contributed by atoms with E-state index in [1.165, 1.54) is 26.0 Å². The number of carbonyl (C=O) groups is 2. The summed E-state index contributed by atoms with van der Waals surface area (Å²) in [6.45, 7) is 0.550. The molecular formula is C16H19NO4. The van der Waals surface area contributed by atoms with Crippen molar-refractivity contribution in [3.8, 4) is 5.75 Å². The summed E-state index contributed by atoms with van der Waals surface area (Å²) in [4.78, 5) is 22.8. The third-order valence-electron chi connectivity index (χ3n) is 4.63. The van der Waals surface area contributed by atoms with Gasteiger partial charge in [0.1, 0.15) is 5.75 Å². The third kappa shape index (κ3) is 2.73. The summed E-state index contributed by atoms with van der Waals surface area (Å²) in [6, 6.07) is 4.82. The summed E-state index contributed by atoms with van der Waals surface area (Å²) in [7, 11) is 1.52. The number of benzene rings is 1. The van der Waals surface area contributed by atoms with Crippen molar-refractivity contribution < 1.29 is 19.4 Å². The Morgan fingerprint density at radius 1 is 1.43 bits per heavy atom. The van der Waals surface area contributed by atoms with E-state index >= 15 is 0 Å². The van der Waals surface area contributed by atoms with Gasteiger partial charge in [-0.05, 0) is 48.8 Å². The van der Waals surface area contributed by atoms with Crippen LogP contribution in [0.2, 0.25) is 0 Å². The Hall–Kier alpha value is -2.04. The molecule has 5 heteroatoms. The molecule has 2 N–H and O–H groups in total. The zero-order chi connectivity index (χ0) is 15.0. The van der Waals surface area contributed by atoms with E-state index in [0.717, 1.165) is 12.0 Å². The van der Waals surface area contributed by atoms with E-state index in [1.807, 2.05) is 0 Å². The Kier molecular flexibility index (Phi) is 3.35. The second kappa shape index (κ2) is 5.06. The maximum absolute atomic E-state index is 11.9. The lowest BCUT2D eigenvalue weighted by Gasteiger charge is -2.10. The highest BCUT2D eigenvalue weighted by atomic mass is 16.5. The highest BCUT2D eigenvalue weighted by Crippen LogP contribution is 2.70. The number of nitrogens with one attached hydrogen (secondary N) is 1. The number of methoxy groups -OCH3 is 1. The SMILES string of the molecule is COc1cc(C(=O)O)ccc1CCNC(=O)C1CC12CC2. The quantitative estimate of drug-likeness (QED) is 0.838. The van der Waals surface area contributed by atoms with Crippen LogP contribution < -0.4 is 10.1 Å². The summed E-state index contributed by atoms with van der Waals surface area (Å²) in [5.74, 6) is -0.0340. The number of rotatable bonds is 6. The first kappa shape index (κ1) is 13.9. The number of amides is 1. The van der Waals surface area contributed by atoms with Gasteiger partial charge < -0.3 is 15.2 Å². The maximum Gasteiger partial charge on any atom is 0.335 e. The van der Waals surface area contributed by atoms with Crippen LogP contribution in [-0.4, -0.2) is 30.6 Å². The molecule has 112 valence electrons. The van der Waals surface area contributed by atoms with E-state index in [2.05, 4.69) is 5.32 Å². The molecule has 1 unspecified atom stereocenters. The van der Waals surface area contributed by atoms with Crippen molar-refractivity contribution in [3.63, 3.8) is 0 Å². The number of carboxylic acid groups (broad SMARTS) is 1. The predicted octanol–water partition coefficient (Wildman–Crippen LogP) is 1.85. The van der Waals surface area contributed by atoms with Crippen molar-refractivity contribution in [2.45, 2.75) is 25.7 Å². The van der Waals surface area contributed by atoms with E-state index in [-0.39, 0.29) is 17.4 Å². The van der Waals surface area contributed by atoms with Crippen molar-refractivity contribution in [2.24, 2.45) is 11.3 Å². The Morgan fingerprint density at radius 3 is 2.76 bits per heavy atom. The molecule has 0 bridgehead atoms. The Balaban J connectivity index is 1.54. The normalized spacial score (nSPS) is 20.9. The number of hydrogen-bond donors (Lipinski definition) is 2. The van der Waals surface area contributed by atoms with Gasteiger partial charge in [0.05, 0.1) is 12.7 Å². The van der Waals surface area contributed by atoms with Crippen LogP contribution >= 0.6 is 0 Å². The molecule has 21 heavy (non-hydrogen) atoms. The molecule has 1 aromatic carbocycles. The van der Waals surface area contributed by atoms with Crippen LogP contribution in [0.1, 0.15) is 35.2 Å².